The van der Waals surface area contributed by atoms with Crippen LogP contribution < -0.4 is 0 Å². The molecule has 0 aliphatic heterocycles. The summed E-state index contributed by atoms with van der Waals surface area (Å²) in [5.74, 6) is 0.548. The molecule has 0 spiro atoms. The molecule has 0 saturated heterocycles. The second-order valence-corrected chi connectivity index (χ2v) is 17.4. The van der Waals surface area contributed by atoms with E-state index < -0.39 is 18.4 Å². The smallest absolute Gasteiger partial charge is 0.264 e. The van der Waals surface area contributed by atoms with Crippen molar-refractivity contribution in [2.24, 2.45) is 11.8 Å². The Hall–Kier alpha value is -0.343. The highest BCUT2D eigenvalue weighted by atomic mass is 32.2. The van der Waals surface area contributed by atoms with Crippen LogP contribution in [0, 0.1) is 11.8 Å². The molecule has 3 fully saturated rings. The zero-order valence-corrected chi connectivity index (χ0v) is 20.5. The normalized spacial score (nSPS) is 31.1. The van der Waals surface area contributed by atoms with E-state index in [1.807, 2.05) is 18.2 Å². The highest BCUT2D eigenvalue weighted by Gasteiger charge is 2.53. The Labute approximate surface area is 176 Å². The maximum absolute atomic E-state index is 12.1. The first-order valence-electron chi connectivity index (χ1n) is 10.2. The number of fused-ring (bicyclic) bond motifs is 3. The summed E-state index contributed by atoms with van der Waals surface area (Å²) in [5, 5.41) is 0.282. The van der Waals surface area contributed by atoms with E-state index in [0.717, 1.165) is 19.3 Å². The SMILES string of the molecule is CC(C)(C)[Si](C)(C)O[C@H]1C[C@@H]2CC[C@H]1C(OS(C)(=O)=O)C2Sc1ccccc1. The number of thioether (sulfide) groups is 1. The van der Waals surface area contributed by atoms with Crippen molar-refractivity contribution in [1.82, 2.24) is 0 Å². The van der Waals surface area contributed by atoms with Crippen LogP contribution in [0.15, 0.2) is 35.2 Å². The van der Waals surface area contributed by atoms with E-state index in [-0.39, 0.29) is 28.4 Å². The summed E-state index contributed by atoms with van der Waals surface area (Å²) >= 11 is 1.77. The number of benzene rings is 1. The second-order valence-electron chi connectivity index (χ2n) is 9.81. The minimum atomic E-state index is -3.52. The first-order valence-corrected chi connectivity index (χ1v) is 15.8. The molecule has 28 heavy (non-hydrogen) atoms. The topological polar surface area (TPSA) is 52.6 Å². The van der Waals surface area contributed by atoms with Gasteiger partial charge in [0.05, 0.1) is 18.5 Å². The molecule has 5 atom stereocenters. The maximum atomic E-state index is 12.1. The Morgan fingerprint density at radius 2 is 1.75 bits per heavy atom. The van der Waals surface area contributed by atoms with E-state index in [1.54, 1.807) is 11.8 Å². The molecule has 1 aromatic carbocycles. The molecule has 1 aromatic rings. The summed E-state index contributed by atoms with van der Waals surface area (Å²) in [6.07, 6.45) is 4.06. The van der Waals surface area contributed by atoms with Crippen molar-refractivity contribution in [1.29, 1.82) is 0 Å². The fourth-order valence-electron chi connectivity index (χ4n) is 4.21. The summed E-state index contributed by atoms with van der Waals surface area (Å²) in [4.78, 5) is 1.17. The van der Waals surface area contributed by atoms with Crippen molar-refractivity contribution < 1.29 is 17.0 Å². The monoisotopic (exact) mass is 442 g/mol. The molecule has 3 aliphatic rings. The average Bonchev–Trinajstić information content (AvgIpc) is 2.56. The molecule has 7 heteroatoms. The van der Waals surface area contributed by atoms with Gasteiger partial charge in [0.15, 0.2) is 8.32 Å². The van der Waals surface area contributed by atoms with E-state index >= 15 is 0 Å². The predicted molar refractivity (Wildman–Crippen MR) is 119 cm³/mol. The summed E-state index contributed by atoms with van der Waals surface area (Å²) in [6.45, 7) is 11.3. The van der Waals surface area contributed by atoms with Crippen LogP contribution in [0.3, 0.4) is 0 Å². The van der Waals surface area contributed by atoms with Gasteiger partial charge in [0.2, 0.25) is 0 Å². The Balaban J connectivity index is 1.85. The molecule has 2 bridgehead atoms. The van der Waals surface area contributed by atoms with Gasteiger partial charge in [-0.1, -0.05) is 39.0 Å². The second kappa shape index (κ2) is 8.06. The summed E-state index contributed by atoms with van der Waals surface area (Å²) in [6, 6.07) is 10.2. The van der Waals surface area contributed by atoms with E-state index in [2.05, 4.69) is 46.0 Å². The van der Waals surface area contributed by atoms with Gasteiger partial charge in [-0.2, -0.15) is 8.42 Å². The van der Waals surface area contributed by atoms with Crippen LogP contribution in [-0.2, 0) is 18.7 Å². The zero-order chi connectivity index (χ0) is 20.7. The van der Waals surface area contributed by atoms with Gasteiger partial charge < -0.3 is 4.43 Å². The van der Waals surface area contributed by atoms with Crippen LogP contribution in [0.2, 0.25) is 18.1 Å². The van der Waals surface area contributed by atoms with Crippen LogP contribution in [0.5, 0.6) is 0 Å². The van der Waals surface area contributed by atoms with Crippen molar-refractivity contribution in [2.45, 2.75) is 80.5 Å². The summed E-state index contributed by atoms with van der Waals surface area (Å²) in [7, 11) is -5.45. The van der Waals surface area contributed by atoms with Crippen LogP contribution in [-0.4, -0.2) is 40.4 Å². The molecule has 3 aliphatic carbocycles. The minimum Gasteiger partial charge on any atom is -0.414 e. The fraction of sp³-hybridized carbons (Fsp3) is 0.714. The van der Waals surface area contributed by atoms with Crippen LogP contribution in [0.4, 0.5) is 0 Å². The van der Waals surface area contributed by atoms with E-state index in [0.29, 0.717) is 5.92 Å². The van der Waals surface area contributed by atoms with Gasteiger partial charge in [-0.15, -0.1) is 11.8 Å². The van der Waals surface area contributed by atoms with Crippen LogP contribution in [0.1, 0.15) is 40.0 Å². The summed E-state index contributed by atoms with van der Waals surface area (Å²) in [5.41, 5.74) is 0. The molecule has 3 saturated carbocycles. The van der Waals surface area contributed by atoms with Crippen molar-refractivity contribution in [2.75, 3.05) is 6.26 Å². The minimum absolute atomic E-state index is 0.0963. The lowest BCUT2D eigenvalue weighted by Gasteiger charge is -2.53. The Bertz CT molecular complexity index is 773. The molecule has 0 heterocycles. The molecule has 2 unspecified atom stereocenters. The molecule has 4 nitrogen and oxygen atoms in total. The number of hydrogen-bond acceptors (Lipinski definition) is 5. The molecule has 0 N–H and O–H groups in total. The third kappa shape index (κ3) is 5.04. The first kappa shape index (κ1) is 22.3. The van der Waals surface area contributed by atoms with Crippen LogP contribution in [0.25, 0.3) is 0 Å². The molecule has 0 amide bonds. The molecule has 0 aromatic heterocycles. The molecule has 158 valence electrons. The number of hydrogen-bond donors (Lipinski definition) is 0. The molecular weight excluding hydrogens is 408 g/mol. The van der Waals surface area contributed by atoms with Gasteiger partial charge >= 0.3 is 0 Å². The lowest BCUT2D eigenvalue weighted by Crippen LogP contribution is -2.58. The lowest BCUT2D eigenvalue weighted by atomic mass is 9.67. The standard InChI is InChI=1S/C21H34O4S2Si/c1-21(2,3)28(5,6)25-18-14-15-12-13-17(18)19(24-27(4,22)23)20(15)26-16-10-8-7-9-11-16/h7-11,15,17-20H,12-14H2,1-6H3/t15-,17+,18-,19?,20?/m0/s1. The van der Waals surface area contributed by atoms with Gasteiger partial charge in [0.25, 0.3) is 10.1 Å². The Morgan fingerprint density at radius 1 is 1.11 bits per heavy atom. The van der Waals surface area contributed by atoms with E-state index in [9.17, 15) is 8.42 Å². The Kier molecular flexibility index (Phi) is 6.43. The van der Waals surface area contributed by atoms with Gasteiger partial charge in [0, 0.05) is 16.1 Å². The van der Waals surface area contributed by atoms with Crippen molar-refractivity contribution >= 4 is 30.2 Å². The van der Waals surface area contributed by atoms with Crippen molar-refractivity contribution in [3.8, 4) is 0 Å². The largest absolute Gasteiger partial charge is 0.414 e. The average molecular weight is 443 g/mol. The van der Waals surface area contributed by atoms with Gasteiger partial charge in [-0.3, -0.25) is 4.18 Å². The van der Waals surface area contributed by atoms with E-state index in [1.165, 1.54) is 11.2 Å². The third-order valence-corrected chi connectivity index (χ3v) is 13.2. The van der Waals surface area contributed by atoms with Gasteiger partial charge in [-0.05, 0) is 55.4 Å². The lowest BCUT2D eigenvalue weighted by molar-refractivity contribution is -0.0559. The maximum Gasteiger partial charge on any atom is 0.264 e. The zero-order valence-electron chi connectivity index (χ0n) is 17.8. The molecule has 4 rings (SSSR count). The van der Waals surface area contributed by atoms with Crippen LogP contribution >= 0.6 is 11.8 Å². The Morgan fingerprint density at radius 3 is 2.32 bits per heavy atom. The highest BCUT2D eigenvalue weighted by Crippen LogP contribution is 2.52. The highest BCUT2D eigenvalue weighted by molar-refractivity contribution is 8.00. The van der Waals surface area contributed by atoms with Crippen molar-refractivity contribution in [3.05, 3.63) is 30.3 Å². The quantitative estimate of drug-likeness (QED) is 0.441. The fourth-order valence-corrected chi connectivity index (χ4v) is 7.79. The van der Waals surface area contributed by atoms with Gasteiger partial charge in [-0.25, -0.2) is 0 Å². The van der Waals surface area contributed by atoms with Gasteiger partial charge in [0.1, 0.15) is 0 Å². The molecular formula is C21H34O4S2Si. The van der Waals surface area contributed by atoms with E-state index in [4.69, 9.17) is 8.61 Å². The number of rotatable bonds is 6. The first-order chi connectivity index (χ1) is 12.9. The van der Waals surface area contributed by atoms with Crippen molar-refractivity contribution in [3.63, 3.8) is 0 Å². The molecule has 0 radical (unpaired) electrons. The predicted octanol–water partition coefficient (Wildman–Crippen LogP) is 5.31. The third-order valence-electron chi connectivity index (χ3n) is 6.65. The summed E-state index contributed by atoms with van der Waals surface area (Å²) < 4.78 is 36.6.